The number of hydrogen-bond acceptors (Lipinski definition) is 6. The molecule has 0 aromatic rings. The molecule has 0 aromatic carbocycles. The van der Waals surface area contributed by atoms with Crippen LogP contribution in [0.25, 0.3) is 0 Å². The van der Waals surface area contributed by atoms with Gasteiger partial charge in [-0.1, -0.05) is 0 Å². The Balaban J connectivity index is -0.000000366. The van der Waals surface area contributed by atoms with Gasteiger partial charge in [0.2, 0.25) is 0 Å². The van der Waals surface area contributed by atoms with Crippen LogP contribution in [0.4, 0.5) is 4.70 Å². The molecular formula is H9AsFO14P3. The molecule has 0 aliphatic carbocycles. The molecule has 0 saturated heterocycles. The molecule has 0 rings (SSSR count). The summed E-state index contributed by atoms with van der Waals surface area (Å²) in [6, 6.07) is 0. The topological polar surface area (TPSA) is 249 Å². The molecule has 0 bridgehead atoms. The van der Waals surface area contributed by atoms with Gasteiger partial charge >= 0.3 is 54.0 Å². The van der Waals surface area contributed by atoms with Gasteiger partial charge in [-0.2, -0.15) is 8.62 Å². The molecule has 0 fully saturated rings. The number of rotatable bonds is 4. The third-order valence-corrected chi connectivity index (χ3v) is 3.77. The molecule has 0 aromatic heterocycles. The maximum atomic E-state index is 10.4. The van der Waals surface area contributed by atoms with E-state index in [4.69, 9.17) is 40.5 Å². The minimum atomic E-state index is -5.46. The molecule has 0 spiro atoms. The van der Waals surface area contributed by atoms with Crippen molar-refractivity contribution in [1.82, 2.24) is 0 Å². The summed E-state index contributed by atoms with van der Waals surface area (Å²) in [6.45, 7) is 0. The SMILES string of the molecule is F.O=P(O)(O)OP(=O)(O)OP(=O)(O)O.O=[As](O)(O)O. The normalized spacial score (nSPS) is 13.1. The second kappa shape index (κ2) is 8.13. The fourth-order valence-electron chi connectivity index (χ4n) is 0.284. The van der Waals surface area contributed by atoms with Crippen molar-refractivity contribution in [2.75, 3.05) is 0 Å². The molecule has 0 aliphatic heterocycles. The van der Waals surface area contributed by atoms with Crippen molar-refractivity contribution in [3.8, 4) is 0 Å². The Kier molecular flexibility index (Phi) is 10.5. The van der Waals surface area contributed by atoms with E-state index >= 15 is 0 Å². The van der Waals surface area contributed by atoms with Gasteiger partial charge in [-0.15, -0.1) is 0 Å². The van der Waals surface area contributed by atoms with Crippen LogP contribution in [-0.2, 0) is 26.1 Å². The van der Waals surface area contributed by atoms with Gasteiger partial charge in [-0.25, -0.2) is 13.7 Å². The Morgan fingerprint density at radius 2 is 0.895 bits per heavy atom. The van der Waals surface area contributed by atoms with Gasteiger partial charge in [0.15, 0.2) is 0 Å². The van der Waals surface area contributed by atoms with Crippen molar-refractivity contribution in [2.24, 2.45) is 0 Å². The van der Waals surface area contributed by atoms with Crippen LogP contribution in [-0.4, -0.2) is 51.3 Å². The number of phosphoric acid groups is 3. The summed E-state index contributed by atoms with van der Waals surface area (Å²) in [7, 11) is -16.2. The molecule has 0 heterocycles. The molecule has 0 amide bonds. The van der Waals surface area contributed by atoms with E-state index in [0.717, 1.165) is 0 Å². The second-order valence-electron chi connectivity index (χ2n) is 2.13. The van der Waals surface area contributed by atoms with Gasteiger partial charge in [0.1, 0.15) is 0 Å². The van der Waals surface area contributed by atoms with Crippen molar-refractivity contribution < 1.29 is 67.5 Å². The van der Waals surface area contributed by atoms with Gasteiger partial charge in [0, 0.05) is 0 Å². The minimum absolute atomic E-state index is 0. The van der Waals surface area contributed by atoms with Gasteiger partial charge in [-0.05, 0) is 0 Å². The fourth-order valence-corrected chi connectivity index (χ4v) is 2.82. The Hall–Kier alpha value is 0.578. The van der Waals surface area contributed by atoms with Crippen LogP contribution in [0.3, 0.4) is 0 Å². The standard InChI is InChI=1S/AsH3O4.FH.H5O10P3/c2-1(3,4)5;;1-11(2,3)9-13(7,8)10-12(4,5)6/h(H3,2,3,4,5);1H;(H,7,8)(H2,1,2,3)(H2,4,5,6). The van der Waals surface area contributed by atoms with Crippen molar-refractivity contribution in [2.45, 2.75) is 0 Å². The Bertz CT molecular complexity index is 397. The van der Waals surface area contributed by atoms with Crippen LogP contribution in [0.2, 0.25) is 0 Å². The molecule has 120 valence electrons. The van der Waals surface area contributed by atoms with E-state index < -0.39 is 38.0 Å². The molecule has 19 heavy (non-hydrogen) atoms. The molecule has 14 nitrogen and oxygen atoms in total. The first-order valence-electron chi connectivity index (χ1n) is 3.06. The average molecular weight is 420 g/mol. The Labute approximate surface area is 106 Å². The summed E-state index contributed by atoms with van der Waals surface area (Å²) in [5.41, 5.74) is 0. The molecule has 0 atom stereocenters. The molecule has 0 radical (unpaired) electrons. The van der Waals surface area contributed by atoms with Gasteiger partial charge in [0.05, 0.1) is 0 Å². The van der Waals surface area contributed by atoms with Crippen LogP contribution in [0.15, 0.2) is 0 Å². The summed E-state index contributed by atoms with van der Waals surface area (Å²) in [5, 5.41) is 0. The fraction of sp³-hybridized carbons (Fsp3) is 0. The Morgan fingerprint density at radius 3 is 1.00 bits per heavy atom. The third-order valence-electron chi connectivity index (χ3n) is 0.419. The van der Waals surface area contributed by atoms with Crippen LogP contribution < -0.4 is 0 Å². The van der Waals surface area contributed by atoms with E-state index in [1.165, 1.54) is 0 Å². The Morgan fingerprint density at radius 1 is 0.737 bits per heavy atom. The van der Waals surface area contributed by atoms with Crippen molar-refractivity contribution >= 4 is 38.0 Å². The number of hydrogen-bond donors (Lipinski definition) is 8. The maximum absolute atomic E-state index is 10.4. The molecule has 0 saturated carbocycles. The predicted octanol–water partition coefficient (Wildman–Crippen LogP) is -2.71. The van der Waals surface area contributed by atoms with E-state index in [9.17, 15) is 13.7 Å². The van der Waals surface area contributed by atoms with Crippen molar-refractivity contribution in [1.29, 1.82) is 0 Å². The van der Waals surface area contributed by atoms with E-state index in [1.54, 1.807) is 0 Å². The quantitative estimate of drug-likeness (QED) is 0.170. The van der Waals surface area contributed by atoms with E-state index in [0.29, 0.717) is 0 Å². The second-order valence-corrected chi connectivity index (χ2v) is 8.49. The van der Waals surface area contributed by atoms with Gasteiger partial charge in [-0.3, -0.25) is 4.70 Å². The molecule has 8 N–H and O–H groups in total. The summed E-state index contributed by atoms with van der Waals surface area (Å²) in [4.78, 5) is 40.2. The number of halogens is 1. The predicted molar refractivity (Wildman–Crippen MR) is 51.7 cm³/mol. The molecule has 0 aliphatic rings. The molecular weight excluding hydrogens is 411 g/mol. The molecule has 0 unspecified atom stereocenters. The first-order valence-corrected chi connectivity index (χ1v) is 10.9. The monoisotopic (exact) mass is 420 g/mol. The van der Waals surface area contributed by atoms with Crippen molar-refractivity contribution in [3.05, 3.63) is 0 Å². The first-order chi connectivity index (χ1) is 7.41. The van der Waals surface area contributed by atoms with Crippen LogP contribution >= 0.6 is 23.5 Å². The zero-order chi connectivity index (χ0) is 15.4. The van der Waals surface area contributed by atoms with Crippen molar-refractivity contribution in [3.63, 3.8) is 0 Å². The average Bonchev–Trinajstić information content (AvgIpc) is 1.64. The van der Waals surface area contributed by atoms with Crippen LogP contribution in [0.1, 0.15) is 0 Å². The zero-order valence-corrected chi connectivity index (χ0v) is 12.8. The first kappa shape index (κ1) is 24.6. The third kappa shape index (κ3) is 32.3. The summed E-state index contributed by atoms with van der Waals surface area (Å²) >= 11 is -5.12. The summed E-state index contributed by atoms with van der Waals surface area (Å²) in [6.07, 6.45) is 0. The van der Waals surface area contributed by atoms with Crippen LogP contribution in [0, 0.1) is 0 Å². The summed E-state index contributed by atoms with van der Waals surface area (Å²) in [5.74, 6) is 0. The van der Waals surface area contributed by atoms with E-state index in [-0.39, 0.29) is 4.70 Å². The van der Waals surface area contributed by atoms with Gasteiger partial charge < -0.3 is 24.5 Å². The summed E-state index contributed by atoms with van der Waals surface area (Å²) < 4.78 is 67.1. The zero-order valence-electron chi connectivity index (χ0n) is 8.22. The van der Waals surface area contributed by atoms with E-state index in [2.05, 4.69) is 8.62 Å². The molecule has 19 heteroatoms. The van der Waals surface area contributed by atoms with Gasteiger partial charge in [0.25, 0.3) is 0 Å². The van der Waals surface area contributed by atoms with Crippen LogP contribution in [0.5, 0.6) is 0 Å². The van der Waals surface area contributed by atoms with E-state index in [1.807, 2.05) is 0 Å².